The van der Waals surface area contributed by atoms with Crippen molar-refractivity contribution in [2.45, 2.75) is 39.3 Å². The minimum Gasteiger partial charge on any atom is -0.360 e. The summed E-state index contributed by atoms with van der Waals surface area (Å²) in [7, 11) is 1.89. The summed E-state index contributed by atoms with van der Waals surface area (Å²) in [5.41, 5.74) is 3.09. The Morgan fingerprint density at radius 3 is 2.85 bits per heavy atom. The molecule has 0 bridgehead atoms. The highest BCUT2D eigenvalue weighted by molar-refractivity contribution is 6.30. The molecular weight excluding hydrogens is 276 g/mol. The van der Waals surface area contributed by atoms with Crippen molar-refractivity contribution in [3.8, 4) is 0 Å². The Morgan fingerprint density at radius 1 is 1.45 bits per heavy atom. The van der Waals surface area contributed by atoms with Gasteiger partial charge in [0.05, 0.1) is 17.9 Å². The van der Waals surface area contributed by atoms with E-state index in [4.69, 9.17) is 16.1 Å². The van der Waals surface area contributed by atoms with Crippen molar-refractivity contribution in [1.29, 1.82) is 0 Å². The van der Waals surface area contributed by atoms with Crippen molar-refractivity contribution in [1.82, 2.24) is 19.8 Å². The van der Waals surface area contributed by atoms with Gasteiger partial charge >= 0.3 is 0 Å². The molecule has 6 heteroatoms. The van der Waals surface area contributed by atoms with E-state index in [-0.39, 0.29) is 0 Å². The smallest absolute Gasteiger partial charge is 0.150 e. The second-order valence-corrected chi connectivity index (χ2v) is 5.83. The summed E-state index contributed by atoms with van der Waals surface area (Å²) in [6, 6.07) is 2.31. The Hall–Kier alpha value is -1.33. The van der Waals surface area contributed by atoms with E-state index in [1.54, 1.807) is 4.68 Å². The Kier molecular flexibility index (Phi) is 3.56. The molecule has 0 amide bonds. The van der Waals surface area contributed by atoms with E-state index in [0.29, 0.717) is 6.04 Å². The van der Waals surface area contributed by atoms with Gasteiger partial charge in [0.25, 0.3) is 0 Å². The second kappa shape index (κ2) is 5.22. The molecule has 1 aliphatic heterocycles. The third-order valence-corrected chi connectivity index (χ3v) is 4.38. The van der Waals surface area contributed by atoms with Gasteiger partial charge in [-0.2, -0.15) is 5.10 Å². The maximum absolute atomic E-state index is 6.40. The van der Waals surface area contributed by atoms with Gasteiger partial charge < -0.3 is 4.52 Å². The molecule has 0 aliphatic carbocycles. The molecule has 1 fully saturated rings. The van der Waals surface area contributed by atoms with Crippen LogP contribution in [0.1, 0.15) is 41.6 Å². The second-order valence-electron chi connectivity index (χ2n) is 5.48. The van der Waals surface area contributed by atoms with Crippen LogP contribution in [-0.4, -0.2) is 26.4 Å². The molecule has 1 aliphatic rings. The summed E-state index contributed by atoms with van der Waals surface area (Å²) in [5, 5.41) is 9.12. The Labute approximate surface area is 123 Å². The van der Waals surface area contributed by atoms with Gasteiger partial charge in [0, 0.05) is 24.7 Å². The number of rotatable bonds is 3. The fourth-order valence-corrected chi connectivity index (χ4v) is 3.36. The van der Waals surface area contributed by atoms with Crippen LogP contribution in [0.25, 0.3) is 0 Å². The molecule has 0 unspecified atom stereocenters. The molecule has 3 heterocycles. The largest absolute Gasteiger partial charge is 0.360 e. The fraction of sp³-hybridized carbons (Fsp3) is 0.571. The van der Waals surface area contributed by atoms with Crippen LogP contribution < -0.4 is 0 Å². The molecular formula is C14H19ClN4O. The first kappa shape index (κ1) is 13.6. The van der Waals surface area contributed by atoms with Gasteiger partial charge in [-0.15, -0.1) is 0 Å². The van der Waals surface area contributed by atoms with Gasteiger partial charge in [-0.1, -0.05) is 16.8 Å². The molecule has 0 aromatic carbocycles. The first-order valence-electron chi connectivity index (χ1n) is 6.91. The van der Waals surface area contributed by atoms with E-state index in [9.17, 15) is 0 Å². The van der Waals surface area contributed by atoms with Crippen LogP contribution in [0.4, 0.5) is 0 Å². The third kappa shape index (κ3) is 2.36. The number of halogens is 1. The average Bonchev–Trinajstić information content (AvgIpc) is 3.05. The van der Waals surface area contributed by atoms with Gasteiger partial charge in [-0.05, 0) is 33.2 Å². The van der Waals surface area contributed by atoms with E-state index in [1.807, 2.05) is 27.0 Å². The van der Waals surface area contributed by atoms with Crippen LogP contribution >= 0.6 is 11.6 Å². The third-order valence-electron chi connectivity index (χ3n) is 3.93. The summed E-state index contributed by atoms with van der Waals surface area (Å²) in [6.45, 7) is 5.79. The van der Waals surface area contributed by atoms with Crippen LogP contribution in [0.15, 0.2) is 10.6 Å². The predicted molar refractivity (Wildman–Crippen MR) is 76.6 cm³/mol. The molecule has 3 rings (SSSR count). The first-order valence-corrected chi connectivity index (χ1v) is 7.29. The van der Waals surface area contributed by atoms with E-state index in [0.717, 1.165) is 47.4 Å². The average molecular weight is 295 g/mol. The number of nitrogens with zero attached hydrogens (tertiary/aromatic N) is 4. The molecule has 1 atom stereocenters. The normalized spacial score (nSPS) is 19.9. The number of aromatic nitrogens is 3. The zero-order valence-corrected chi connectivity index (χ0v) is 12.8. The molecule has 0 radical (unpaired) electrons. The van der Waals surface area contributed by atoms with E-state index < -0.39 is 0 Å². The SMILES string of the molecule is Cc1cc(CN2CCC[C@@H]2c2c(C)nn(C)c2Cl)on1. The highest BCUT2D eigenvalue weighted by Gasteiger charge is 2.31. The standard InChI is InChI=1S/C14H19ClN4O/c1-9-7-11(20-17-9)8-19-6-4-5-12(19)13-10(2)16-18(3)14(13)15/h7,12H,4-6,8H2,1-3H3/t12-/m1/s1. The topological polar surface area (TPSA) is 47.1 Å². The molecule has 108 valence electrons. The van der Waals surface area contributed by atoms with Crippen LogP contribution in [0.2, 0.25) is 5.15 Å². The quantitative estimate of drug-likeness (QED) is 0.873. The van der Waals surface area contributed by atoms with E-state index >= 15 is 0 Å². The van der Waals surface area contributed by atoms with Crippen molar-refractivity contribution < 1.29 is 4.52 Å². The van der Waals surface area contributed by atoms with Crippen LogP contribution in [0.5, 0.6) is 0 Å². The molecule has 2 aromatic heterocycles. The monoisotopic (exact) mass is 294 g/mol. The molecule has 2 aromatic rings. The summed E-state index contributed by atoms with van der Waals surface area (Å²) in [5.74, 6) is 0.909. The minimum atomic E-state index is 0.321. The fourth-order valence-electron chi connectivity index (χ4n) is 3.06. The Bertz CT molecular complexity index is 619. The Balaban J connectivity index is 1.85. The van der Waals surface area contributed by atoms with Crippen LogP contribution in [0.3, 0.4) is 0 Å². The lowest BCUT2D eigenvalue weighted by Crippen LogP contribution is -2.23. The lowest BCUT2D eigenvalue weighted by molar-refractivity contribution is 0.216. The number of aryl methyl sites for hydroxylation is 3. The summed E-state index contributed by atoms with van der Waals surface area (Å²) in [6.07, 6.45) is 2.28. The number of hydrogen-bond donors (Lipinski definition) is 0. The van der Waals surface area contributed by atoms with E-state index in [2.05, 4.69) is 15.2 Å². The van der Waals surface area contributed by atoms with Gasteiger partial charge in [-0.3, -0.25) is 9.58 Å². The van der Waals surface area contributed by atoms with Gasteiger partial charge in [-0.25, -0.2) is 0 Å². The van der Waals surface area contributed by atoms with Crippen molar-refractivity contribution in [2.24, 2.45) is 7.05 Å². The molecule has 20 heavy (non-hydrogen) atoms. The summed E-state index contributed by atoms with van der Waals surface area (Å²) in [4.78, 5) is 2.40. The van der Waals surface area contributed by atoms with Crippen molar-refractivity contribution in [2.75, 3.05) is 6.54 Å². The van der Waals surface area contributed by atoms with Crippen molar-refractivity contribution in [3.05, 3.63) is 33.9 Å². The number of hydrogen-bond acceptors (Lipinski definition) is 4. The maximum atomic E-state index is 6.40. The minimum absolute atomic E-state index is 0.321. The van der Waals surface area contributed by atoms with Crippen LogP contribution in [-0.2, 0) is 13.6 Å². The maximum Gasteiger partial charge on any atom is 0.150 e. The molecule has 0 N–H and O–H groups in total. The predicted octanol–water partition coefficient (Wildman–Crippen LogP) is 3.02. The Morgan fingerprint density at radius 2 is 2.25 bits per heavy atom. The molecule has 5 nitrogen and oxygen atoms in total. The molecule has 0 spiro atoms. The van der Waals surface area contributed by atoms with Crippen molar-refractivity contribution in [3.63, 3.8) is 0 Å². The lowest BCUT2D eigenvalue weighted by Gasteiger charge is -2.23. The van der Waals surface area contributed by atoms with Gasteiger partial charge in [0.1, 0.15) is 5.15 Å². The summed E-state index contributed by atoms with van der Waals surface area (Å²) >= 11 is 6.40. The zero-order chi connectivity index (χ0) is 14.3. The van der Waals surface area contributed by atoms with Gasteiger partial charge in [0.2, 0.25) is 0 Å². The number of likely N-dealkylation sites (tertiary alicyclic amines) is 1. The highest BCUT2D eigenvalue weighted by Crippen LogP contribution is 2.38. The molecule has 0 saturated carbocycles. The van der Waals surface area contributed by atoms with E-state index in [1.165, 1.54) is 6.42 Å². The first-order chi connectivity index (χ1) is 9.56. The van der Waals surface area contributed by atoms with Crippen molar-refractivity contribution >= 4 is 11.6 Å². The van der Waals surface area contributed by atoms with Crippen LogP contribution in [0, 0.1) is 13.8 Å². The lowest BCUT2D eigenvalue weighted by atomic mass is 10.1. The summed E-state index contributed by atoms with van der Waals surface area (Å²) < 4.78 is 7.08. The van der Waals surface area contributed by atoms with Gasteiger partial charge in [0.15, 0.2) is 5.76 Å². The highest BCUT2D eigenvalue weighted by atomic mass is 35.5. The molecule has 1 saturated heterocycles. The zero-order valence-electron chi connectivity index (χ0n) is 12.1.